The number of aryl methyl sites for hydroxylation is 1. The fraction of sp³-hybridized carbons (Fsp3) is 0.105. The second-order valence-corrected chi connectivity index (χ2v) is 5.56. The Kier molecular flexibility index (Phi) is 3.04. The molecule has 22 heavy (non-hydrogen) atoms. The number of hydrogen-bond donors (Lipinski definition) is 0. The van der Waals surface area contributed by atoms with Crippen LogP contribution in [0.15, 0.2) is 73.3 Å². The zero-order valence-corrected chi connectivity index (χ0v) is 12.5. The topological polar surface area (TPSA) is 22.9 Å². The van der Waals surface area contributed by atoms with Gasteiger partial charge in [0.2, 0.25) is 0 Å². The van der Waals surface area contributed by atoms with E-state index in [9.17, 15) is 0 Å². The Morgan fingerprint density at radius 2 is 1.77 bits per heavy atom. The molecule has 0 saturated carbocycles. The molecule has 0 atom stereocenters. The molecule has 0 unspecified atom stereocenters. The maximum Gasteiger partial charge on any atom is 0.111 e. The largest absolute Gasteiger partial charge is 0.435 e. The van der Waals surface area contributed by atoms with Crippen LogP contribution in [-0.4, -0.2) is 4.57 Å². The predicted molar refractivity (Wildman–Crippen MR) is 87.1 cm³/mol. The van der Waals surface area contributed by atoms with Gasteiger partial charge in [0.05, 0.1) is 12.5 Å². The Balaban J connectivity index is 1.69. The first kappa shape index (κ1) is 12.9. The smallest absolute Gasteiger partial charge is 0.111 e. The van der Waals surface area contributed by atoms with Crippen LogP contribution < -0.4 is 9.55 Å². The van der Waals surface area contributed by atoms with Crippen LogP contribution >= 0.6 is 0 Å². The fourth-order valence-corrected chi connectivity index (χ4v) is 2.87. The van der Waals surface area contributed by atoms with E-state index >= 15 is 0 Å². The molecule has 4 rings (SSSR count). The molecule has 2 aromatic carbocycles. The van der Waals surface area contributed by atoms with E-state index < -0.39 is 0 Å². The third kappa shape index (κ3) is 2.21. The number of hydrogen-bond acceptors (Lipinski definition) is 0. The van der Waals surface area contributed by atoms with Crippen molar-refractivity contribution in [2.24, 2.45) is 0 Å². The minimum Gasteiger partial charge on any atom is -0.435 e. The van der Waals surface area contributed by atoms with Crippen molar-refractivity contribution in [2.45, 2.75) is 13.5 Å². The third-order valence-electron chi connectivity index (χ3n) is 4.01. The molecule has 3 nitrogen and oxygen atoms in total. The molecular weight excluding hydrogens is 270 g/mol. The quantitative estimate of drug-likeness (QED) is 0.530. The van der Waals surface area contributed by atoms with E-state index in [-0.39, 0.29) is 0 Å². The van der Waals surface area contributed by atoms with Crippen molar-refractivity contribution in [1.82, 2.24) is 9.55 Å². The summed E-state index contributed by atoms with van der Waals surface area (Å²) in [6.07, 6.45) is 6.25. The highest BCUT2D eigenvalue weighted by Gasteiger charge is 2.03. The highest BCUT2D eigenvalue weighted by Crippen LogP contribution is 2.22. The molecule has 2 heterocycles. The molecule has 0 aliphatic heterocycles. The summed E-state index contributed by atoms with van der Waals surface area (Å²) in [5, 5.41) is 1.22. The van der Waals surface area contributed by atoms with Crippen molar-refractivity contribution in [3.63, 3.8) is 0 Å². The summed E-state index contributed by atoms with van der Waals surface area (Å²) in [6.45, 7) is 3.00. The zero-order valence-electron chi connectivity index (χ0n) is 12.5. The molecule has 2 aromatic heterocycles. The van der Waals surface area contributed by atoms with Crippen LogP contribution in [0.4, 0.5) is 0 Å². The summed E-state index contributed by atoms with van der Waals surface area (Å²) in [4.78, 5) is 4.75. The van der Waals surface area contributed by atoms with E-state index in [2.05, 4.69) is 77.2 Å². The number of para-hydroxylation sites is 1. The van der Waals surface area contributed by atoms with E-state index in [0.29, 0.717) is 0 Å². The van der Waals surface area contributed by atoms with Gasteiger partial charge in [-0.15, -0.1) is 0 Å². The maximum absolute atomic E-state index is 4.75. The monoisotopic (exact) mass is 287 g/mol. The Morgan fingerprint density at radius 1 is 1.00 bits per heavy atom. The van der Waals surface area contributed by atoms with E-state index in [1.807, 2.05) is 12.1 Å². The molecule has 0 fully saturated rings. The molecule has 4 aromatic rings. The van der Waals surface area contributed by atoms with E-state index in [1.165, 1.54) is 16.5 Å². The summed E-state index contributed by atoms with van der Waals surface area (Å²) < 4.78 is 4.27. The number of rotatable bonds is 3. The van der Waals surface area contributed by atoms with Crippen molar-refractivity contribution in [1.29, 1.82) is 0 Å². The Hall–Kier alpha value is -2.81. The van der Waals surface area contributed by atoms with Crippen LogP contribution in [-0.2, 0) is 6.54 Å². The molecule has 0 saturated heterocycles. The zero-order chi connectivity index (χ0) is 14.9. The van der Waals surface area contributed by atoms with Crippen LogP contribution in [0.2, 0.25) is 0 Å². The number of fused-ring (bicyclic) bond motifs is 1. The SMILES string of the molecule is Cc1c(-n2cc[n+](Cc3ccccc3)c2)[n-]c2ccccc12. The van der Waals surface area contributed by atoms with Gasteiger partial charge in [0.15, 0.2) is 0 Å². The number of benzene rings is 2. The molecule has 0 aliphatic carbocycles. The van der Waals surface area contributed by atoms with E-state index in [0.717, 1.165) is 17.9 Å². The molecule has 0 radical (unpaired) electrons. The predicted octanol–water partition coefficient (Wildman–Crippen LogP) is 3.23. The van der Waals surface area contributed by atoms with Crippen LogP contribution in [0.3, 0.4) is 0 Å². The first-order chi connectivity index (χ1) is 10.8. The van der Waals surface area contributed by atoms with E-state index in [1.54, 1.807) is 0 Å². The van der Waals surface area contributed by atoms with Crippen molar-refractivity contribution in [3.8, 4) is 5.82 Å². The lowest BCUT2D eigenvalue weighted by Gasteiger charge is -2.09. The van der Waals surface area contributed by atoms with Crippen LogP contribution in [0.1, 0.15) is 11.1 Å². The summed E-state index contributed by atoms with van der Waals surface area (Å²) in [6, 6.07) is 18.8. The number of imidazole rings is 1. The van der Waals surface area contributed by atoms with Gasteiger partial charge in [0, 0.05) is 0 Å². The Morgan fingerprint density at radius 3 is 2.59 bits per heavy atom. The number of aromatic nitrogens is 3. The summed E-state index contributed by atoms with van der Waals surface area (Å²) in [5.74, 6) is 1.01. The molecule has 0 spiro atoms. The lowest BCUT2D eigenvalue weighted by Crippen LogP contribution is -2.31. The van der Waals surface area contributed by atoms with Gasteiger partial charge in [-0.2, -0.15) is 0 Å². The molecule has 0 N–H and O–H groups in total. The van der Waals surface area contributed by atoms with Gasteiger partial charge in [0.25, 0.3) is 0 Å². The Labute approximate surface area is 129 Å². The van der Waals surface area contributed by atoms with Crippen molar-refractivity contribution >= 4 is 10.9 Å². The van der Waals surface area contributed by atoms with Crippen molar-refractivity contribution in [3.05, 3.63) is 84.4 Å². The van der Waals surface area contributed by atoms with E-state index in [4.69, 9.17) is 4.98 Å². The normalized spacial score (nSPS) is 11.1. The summed E-state index contributed by atoms with van der Waals surface area (Å²) in [7, 11) is 0. The first-order valence-corrected chi connectivity index (χ1v) is 7.44. The molecule has 0 bridgehead atoms. The molecule has 0 amide bonds. The standard InChI is InChI=1S/C19H17N3/c1-15-17-9-5-6-10-18(17)20-19(15)22-12-11-21(14-22)13-16-7-3-2-4-8-16/h2-12,14H,13H2,1H3. The molecule has 0 aliphatic rings. The van der Waals surface area contributed by atoms with Gasteiger partial charge in [-0.05, 0) is 41.0 Å². The van der Waals surface area contributed by atoms with Crippen LogP contribution in [0, 0.1) is 6.92 Å². The van der Waals surface area contributed by atoms with Gasteiger partial charge in [-0.1, -0.05) is 54.6 Å². The fourth-order valence-electron chi connectivity index (χ4n) is 2.87. The average Bonchev–Trinajstić information content (AvgIpc) is 3.14. The minimum absolute atomic E-state index is 0.868. The van der Waals surface area contributed by atoms with Gasteiger partial charge >= 0.3 is 0 Å². The highest BCUT2D eigenvalue weighted by molar-refractivity contribution is 5.86. The molecule has 108 valence electrons. The third-order valence-corrected chi connectivity index (χ3v) is 4.01. The van der Waals surface area contributed by atoms with Gasteiger partial charge in [0.1, 0.15) is 6.54 Å². The highest BCUT2D eigenvalue weighted by atomic mass is 15.2. The van der Waals surface area contributed by atoms with Gasteiger partial charge in [-0.25, -0.2) is 0 Å². The molecular formula is C19H17N3. The van der Waals surface area contributed by atoms with Crippen LogP contribution in [0.25, 0.3) is 16.7 Å². The average molecular weight is 287 g/mol. The number of nitrogens with zero attached hydrogens (tertiary/aromatic N) is 3. The second kappa shape index (κ2) is 5.19. The summed E-state index contributed by atoms with van der Waals surface area (Å²) >= 11 is 0. The molecule has 3 heteroatoms. The van der Waals surface area contributed by atoms with Gasteiger partial charge in [-0.3, -0.25) is 4.57 Å². The second-order valence-electron chi connectivity index (χ2n) is 5.56. The Bertz CT molecular complexity index is 916. The van der Waals surface area contributed by atoms with Crippen LogP contribution in [0.5, 0.6) is 0 Å². The minimum atomic E-state index is 0.868. The lowest BCUT2D eigenvalue weighted by atomic mass is 10.2. The summed E-state index contributed by atoms with van der Waals surface area (Å²) in [5.41, 5.74) is 3.57. The first-order valence-electron chi connectivity index (χ1n) is 7.44. The lowest BCUT2D eigenvalue weighted by molar-refractivity contribution is -0.687. The van der Waals surface area contributed by atoms with Crippen molar-refractivity contribution in [2.75, 3.05) is 0 Å². The van der Waals surface area contributed by atoms with Gasteiger partial charge < -0.3 is 9.55 Å². The van der Waals surface area contributed by atoms with Crippen molar-refractivity contribution < 1.29 is 4.57 Å². The maximum atomic E-state index is 4.75.